The Morgan fingerprint density at radius 2 is 1.31 bits per heavy atom. The summed E-state index contributed by atoms with van der Waals surface area (Å²) in [7, 11) is 0. The van der Waals surface area contributed by atoms with E-state index in [1.807, 2.05) is 47.0 Å². The summed E-state index contributed by atoms with van der Waals surface area (Å²) in [6, 6.07) is 0. The van der Waals surface area contributed by atoms with Gasteiger partial charge < -0.3 is 4.57 Å². The molecule has 0 spiro atoms. The third-order valence-corrected chi connectivity index (χ3v) is 5.98. The van der Waals surface area contributed by atoms with Crippen LogP contribution >= 0.6 is 58.6 Å². The SMILES string of the molecule is CSc1c(SC)c(SC)n(CCCl)c1SC. The monoisotopic (exact) mass is 313 g/mol. The Morgan fingerprint density at radius 3 is 1.56 bits per heavy atom. The van der Waals surface area contributed by atoms with E-state index in [-0.39, 0.29) is 0 Å². The van der Waals surface area contributed by atoms with Crippen molar-refractivity contribution in [2.75, 3.05) is 30.9 Å². The van der Waals surface area contributed by atoms with Gasteiger partial charge in [-0.25, -0.2) is 0 Å². The molecule has 92 valence electrons. The average molecular weight is 314 g/mol. The largest absolute Gasteiger partial charge is 0.328 e. The van der Waals surface area contributed by atoms with Gasteiger partial charge in [0.25, 0.3) is 0 Å². The number of aromatic nitrogens is 1. The Hall–Kier alpha value is 0.970. The predicted octanol–water partition coefficient (Wildman–Crippen LogP) is 4.61. The van der Waals surface area contributed by atoms with Gasteiger partial charge in [0.1, 0.15) is 0 Å². The molecule has 0 atom stereocenters. The van der Waals surface area contributed by atoms with E-state index in [4.69, 9.17) is 11.6 Å². The lowest BCUT2D eigenvalue weighted by molar-refractivity contribution is 0.637. The fourth-order valence-electron chi connectivity index (χ4n) is 1.59. The minimum atomic E-state index is 0.664. The molecule has 16 heavy (non-hydrogen) atoms. The molecule has 0 saturated carbocycles. The van der Waals surface area contributed by atoms with Gasteiger partial charge >= 0.3 is 0 Å². The van der Waals surface area contributed by atoms with Crippen LogP contribution in [0.1, 0.15) is 0 Å². The molecule has 0 aliphatic rings. The summed E-state index contributed by atoms with van der Waals surface area (Å²) in [5.74, 6) is 0.664. The number of nitrogens with zero attached hydrogens (tertiary/aromatic N) is 1. The summed E-state index contributed by atoms with van der Waals surface area (Å²) in [5, 5.41) is 2.70. The lowest BCUT2D eigenvalue weighted by atomic mass is 10.6. The molecule has 0 aliphatic carbocycles. The highest BCUT2D eigenvalue weighted by atomic mass is 35.5. The maximum atomic E-state index is 5.89. The molecular weight excluding hydrogens is 298 g/mol. The molecule has 0 aliphatic heterocycles. The van der Waals surface area contributed by atoms with Gasteiger partial charge in [0.2, 0.25) is 0 Å². The molecule has 1 aromatic rings. The van der Waals surface area contributed by atoms with E-state index in [9.17, 15) is 0 Å². The van der Waals surface area contributed by atoms with Crippen LogP contribution < -0.4 is 0 Å². The normalized spacial score (nSPS) is 11.1. The number of hydrogen-bond donors (Lipinski definition) is 0. The minimum absolute atomic E-state index is 0.664. The van der Waals surface area contributed by atoms with Crippen molar-refractivity contribution in [1.29, 1.82) is 0 Å². The summed E-state index contributed by atoms with van der Waals surface area (Å²) in [4.78, 5) is 2.80. The number of thioether (sulfide) groups is 4. The van der Waals surface area contributed by atoms with Gasteiger partial charge in [-0.2, -0.15) is 0 Å². The third kappa shape index (κ3) is 2.86. The quantitative estimate of drug-likeness (QED) is 0.557. The van der Waals surface area contributed by atoms with E-state index in [1.54, 1.807) is 0 Å². The summed E-state index contributed by atoms with van der Waals surface area (Å²) in [6.07, 6.45) is 8.55. The fraction of sp³-hybridized carbons (Fsp3) is 0.600. The van der Waals surface area contributed by atoms with Crippen LogP contribution in [0.5, 0.6) is 0 Å². The minimum Gasteiger partial charge on any atom is -0.328 e. The zero-order valence-electron chi connectivity index (χ0n) is 9.87. The van der Waals surface area contributed by atoms with Gasteiger partial charge in [-0.05, 0) is 25.0 Å². The van der Waals surface area contributed by atoms with E-state index in [1.165, 1.54) is 19.8 Å². The van der Waals surface area contributed by atoms with E-state index < -0.39 is 0 Å². The Balaban J connectivity index is 3.36. The van der Waals surface area contributed by atoms with Crippen LogP contribution in [0.4, 0.5) is 0 Å². The number of hydrogen-bond acceptors (Lipinski definition) is 4. The number of halogens is 1. The van der Waals surface area contributed by atoms with Crippen molar-refractivity contribution in [3.63, 3.8) is 0 Å². The van der Waals surface area contributed by atoms with Crippen molar-refractivity contribution < 1.29 is 0 Å². The molecule has 0 fully saturated rings. The standard InChI is InChI=1S/C10H16ClNS4/c1-13-7-8(14-2)10(16-4)12(6-5-11)9(7)15-3/h5-6H2,1-4H3. The number of alkyl halides is 1. The molecule has 0 N–H and O–H groups in total. The van der Waals surface area contributed by atoms with E-state index in [0.29, 0.717) is 5.88 Å². The molecule has 1 heterocycles. The summed E-state index contributed by atoms with van der Waals surface area (Å²) < 4.78 is 2.35. The predicted molar refractivity (Wildman–Crippen MR) is 82.3 cm³/mol. The topological polar surface area (TPSA) is 4.93 Å². The molecule has 1 nitrogen and oxygen atoms in total. The second-order valence-electron chi connectivity index (χ2n) is 2.93. The van der Waals surface area contributed by atoms with Crippen molar-refractivity contribution in [3.05, 3.63) is 0 Å². The Labute approximate surface area is 120 Å². The van der Waals surface area contributed by atoms with E-state index >= 15 is 0 Å². The lowest BCUT2D eigenvalue weighted by Gasteiger charge is -2.09. The molecule has 6 heteroatoms. The van der Waals surface area contributed by atoms with Crippen molar-refractivity contribution >= 4 is 58.6 Å². The molecule has 0 unspecified atom stereocenters. The van der Waals surface area contributed by atoms with Crippen molar-refractivity contribution in [1.82, 2.24) is 4.57 Å². The second kappa shape index (κ2) is 7.41. The van der Waals surface area contributed by atoms with Crippen LogP contribution in [-0.2, 0) is 6.54 Å². The van der Waals surface area contributed by atoms with E-state index in [0.717, 1.165) is 6.54 Å². The van der Waals surface area contributed by atoms with Crippen LogP contribution in [0.25, 0.3) is 0 Å². The van der Waals surface area contributed by atoms with Crippen LogP contribution in [0.15, 0.2) is 19.8 Å². The highest BCUT2D eigenvalue weighted by molar-refractivity contribution is 8.04. The van der Waals surface area contributed by atoms with E-state index in [2.05, 4.69) is 29.6 Å². The second-order valence-corrected chi connectivity index (χ2v) is 6.53. The molecule has 0 radical (unpaired) electrons. The Morgan fingerprint density at radius 1 is 0.875 bits per heavy atom. The first-order valence-corrected chi connectivity index (χ1v) is 10.2. The summed E-state index contributed by atoms with van der Waals surface area (Å²) in [5.41, 5.74) is 0. The first kappa shape index (κ1) is 15.0. The van der Waals surface area contributed by atoms with Crippen molar-refractivity contribution in [2.24, 2.45) is 0 Å². The highest BCUT2D eigenvalue weighted by Crippen LogP contribution is 2.44. The van der Waals surface area contributed by atoms with Crippen LogP contribution in [0, 0.1) is 0 Å². The summed E-state index contributed by atoms with van der Waals surface area (Å²) in [6.45, 7) is 0.891. The maximum Gasteiger partial charge on any atom is 0.0904 e. The number of rotatable bonds is 6. The molecule has 0 saturated heterocycles. The zero-order chi connectivity index (χ0) is 12.1. The molecule has 0 bridgehead atoms. The first-order chi connectivity index (χ1) is 7.74. The van der Waals surface area contributed by atoms with Crippen LogP contribution in [-0.4, -0.2) is 35.5 Å². The maximum absolute atomic E-state index is 5.89. The third-order valence-electron chi connectivity index (χ3n) is 2.19. The van der Waals surface area contributed by atoms with Crippen molar-refractivity contribution in [2.45, 2.75) is 26.4 Å². The Kier molecular flexibility index (Phi) is 6.96. The van der Waals surface area contributed by atoms with Gasteiger partial charge in [-0.3, -0.25) is 0 Å². The smallest absolute Gasteiger partial charge is 0.0904 e. The lowest BCUT2D eigenvalue weighted by Crippen LogP contribution is -2.02. The van der Waals surface area contributed by atoms with Crippen LogP contribution in [0.2, 0.25) is 0 Å². The van der Waals surface area contributed by atoms with Crippen LogP contribution in [0.3, 0.4) is 0 Å². The average Bonchev–Trinajstić information content (AvgIpc) is 2.61. The van der Waals surface area contributed by atoms with Gasteiger partial charge in [0, 0.05) is 12.4 Å². The van der Waals surface area contributed by atoms with Crippen molar-refractivity contribution in [3.8, 4) is 0 Å². The molecule has 1 aromatic heterocycles. The zero-order valence-corrected chi connectivity index (χ0v) is 13.9. The molecule has 0 amide bonds. The fourth-order valence-corrected chi connectivity index (χ4v) is 5.96. The van der Waals surface area contributed by atoms with Gasteiger partial charge in [0.05, 0.1) is 19.8 Å². The highest BCUT2D eigenvalue weighted by Gasteiger charge is 2.20. The van der Waals surface area contributed by atoms with Gasteiger partial charge in [0.15, 0.2) is 0 Å². The summed E-state index contributed by atoms with van der Waals surface area (Å²) >= 11 is 13.2. The molecular formula is C10H16ClNS4. The van der Waals surface area contributed by atoms with Gasteiger partial charge in [-0.1, -0.05) is 0 Å². The first-order valence-electron chi connectivity index (χ1n) is 4.73. The van der Waals surface area contributed by atoms with Gasteiger partial charge in [-0.15, -0.1) is 58.6 Å². The molecule has 0 aromatic carbocycles. The molecule has 1 rings (SSSR count). The Bertz CT molecular complexity index is 322.